The Balaban J connectivity index is 1.15. The van der Waals surface area contributed by atoms with Gasteiger partial charge >= 0.3 is 12.0 Å². The van der Waals surface area contributed by atoms with Gasteiger partial charge in [0.1, 0.15) is 53.7 Å². The van der Waals surface area contributed by atoms with Crippen LogP contribution >= 0.6 is 22.9 Å². The Hall–Kier alpha value is -4.72. The first kappa shape index (κ1) is 34.1. The number of aromatic nitrogens is 5. The number of thiophene rings is 1. The molecule has 9 rings (SSSR count). The van der Waals surface area contributed by atoms with Gasteiger partial charge in [-0.05, 0) is 49.9 Å². The summed E-state index contributed by atoms with van der Waals surface area (Å²) in [5.74, 6) is -0.947. The quantitative estimate of drug-likeness (QED) is 0.214. The number of likely N-dealkylation sites (tertiary alicyclic amines) is 1. The largest absolute Gasteiger partial charge is 0.461 e. The zero-order valence-corrected chi connectivity index (χ0v) is 30.1. The van der Waals surface area contributed by atoms with E-state index < -0.39 is 23.3 Å². The number of ether oxygens (including phenoxy) is 1. The second-order valence-corrected chi connectivity index (χ2v) is 16.2. The maximum Gasteiger partial charge on any atom is 0.346 e. The lowest BCUT2D eigenvalue weighted by molar-refractivity contribution is 0.0315. The van der Waals surface area contributed by atoms with E-state index in [1.807, 2.05) is 6.07 Å². The van der Waals surface area contributed by atoms with Gasteiger partial charge in [0.2, 0.25) is 0 Å². The number of carbonyl (C=O) groups excluding carboxylic acids is 1. The number of amides is 1. The number of fused-ring (bicyclic) bond motifs is 3. The van der Waals surface area contributed by atoms with Crippen molar-refractivity contribution in [1.82, 2.24) is 34.5 Å². The molecule has 5 aromatic rings. The number of halogens is 4. The Morgan fingerprint density at radius 3 is 2.79 bits per heavy atom. The van der Waals surface area contributed by atoms with Crippen molar-refractivity contribution in [3.05, 3.63) is 53.1 Å². The summed E-state index contributed by atoms with van der Waals surface area (Å²) in [5.41, 5.74) is 5.49. The molecule has 1 spiro atoms. The molecule has 0 radical (unpaired) electrons. The van der Waals surface area contributed by atoms with Crippen molar-refractivity contribution >= 4 is 60.8 Å². The van der Waals surface area contributed by atoms with E-state index in [4.69, 9.17) is 27.1 Å². The van der Waals surface area contributed by atoms with Gasteiger partial charge in [-0.3, -0.25) is 4.90 Å². The van der Waals surface area contributed by atoms with E-state index in [0.717, 1.165) is 50.0 Å². The van der Waals surface area contributed by atoms with Crippen LogP contribution in [0, 0.1) is 28.4 Å². The Morgan fingerprint density at radius 2 is 2.00 bits per heavy atom. The van der Waals surface area contributed by atoms with Crippen LogP contribution in [-0.4, -0.2) is 98.1 Å². The molecule has 0 unspecified atom stereocenters. The third-order valence-electron chi connectivity index (χ3n) is 11.4. The summed E-state index contributed by atoms with van der Waals surface area (Å²) in [6.45, 7) is 3.40. The highest BCUT2D eigenvalue weighted by atomic mass is 35.5. The fourth-order valence-corrected chi connectivity index (χ4v) is 10.3. The maximum atomic E-state index is 17.2. The average molecular weight is 763 g/mol. The molecule has 0 bridgehead atoms. The number of nitriles is 1. The van der Waals surface area contributed by atoms with Crippen LogP contribution in [-0.2, 0) is 0 Å². The number of carbonyl (C=O) groups is 1. The van der Waals surface area contributed by atoms with Crippen molar-refractivity contribution in [3.63, 3.8) is 0 Å². The van der Waals surface area contributed by atoms with E-state index in [1.54, 1.807) is 11.0 Å². The van der Waals surface area contributed by atoms with Crippen LogP contribution < -0.4 is 15.4 Å². The number of nitrogens with zero attached hydrogens (tertiary/aromatic N) is 9. The molecule has 2 N–H and O–H groups in total. The number of nitrogen functional groups attached to an aromatic ring is 1. The Labute approximate surface area is 310 Å². The zero-order valence-electron chi connectivity index (χ0n) is 28.5. The Kier molecular flexibility index (Phi) is 8.17. The number of alkyl halides is 1. The number of rotatable bonds is 5. The van der Waals surface area contributed by atoms with Crippen molar-refractivity contribution in [2.45, 2.75) is 50.2 Å². The van der Waals surface area contributed by atoms with Crippen LogP contribution in [0.4, 0.5) is 28.8 Å². The van der Waals surface area contributed by atoms with Crippen molar-refractivity contribution in [1.29, 1.82) is 5.26 Å². The first-order chi connectivity index (χ1) is 25.6. The molecule has 17 heteroatoms. The average Bonchev–Trinajstić information content (AvgIpc) is 3.89. The third kappa shape index (κ3) is 5.54. The van der Waals surface area contributed by atoms with Gasteiger partial charge in [0.25, 0.3) is 0 Å². The number of hydrogen-bond donors (Lipinski definition) is 1. The fourth-order valence-electron chi connectivity index (χ4n) is 9.02. The predicted octanol–water partition coefficient (Wildman–Crippen LogP) is 6.40. The minimum atomic E-state index is -0.960. The normalized spacial score (nSPS) is 22.7. The van der Waals surface area contributed by atoms with Gasteiger partial charge < -0.3 is 20.3 Å². The van der Waals surface area contributed by atoms with E-state index in [1.165, 1.54) is 29.5 Å². The van der Waals surface area contributed by atoms with Crippen LogP contribution in [0.2, 0.25) is 5.02 Å². The van der Waals surface area contributed by atoms with Crippen LogP contribution in [0.1, 0.15) is 44.1 Å². The molecule has 274 valence electrons. The molecule has 3 aromatic heterocycles. The molecule has 7 heterocycles. The van der Waals surface area contributed by atoms with E-state index in [9.17, 15) is 18.8 Å². The standard InChI is InChI=1S/C36H34ClF3N10O2S/c37-24-10-22-29(28(40)27(24)21-4-5-25(39)30-26(21)23(12-41)31(42)53-30)45-33(52-17-36-7-3-9-49(36)13-20(38)11-36)46-32(22)47-8-2-1-6-35(14-47)15-48(16-35)34(51)50-19-43-18-44-50/h4-5,10,18-20H,1-3,6-9,11,13-17,42H2/t20-,36+/m1/s1. The molecule has 4 aliphatic heterocycles. The van der Waals surface area contributed by atoms with Crippen molar-refractivity contribution in [2.24, 2.45) is 5.41 Å². The first-order valence-electron chi connectivity index (χ1n) is 17.6. The molecular weight excluding hydrogens is 729 g/mol. The highest BCUT2D eigenvalue weighted by molar-refractivity contribution is 7.23. The number of hydrogen-bond acceptors (Lipinski definition) is 11. The van der Waals surface area contributed by atoms with Gasteiger partial charge in [0.15, 0.2) is 5.82 Å². The molecule has 2 aromatic carbocycles. The van der Waals surface area contributed by atoms with Gasteiger partial charge in [-0.25, -0.2) is 22.9 Å². The molecule has 1 amide bonds. The van der Waals surface area contributed by atoms with E-state index in [2.05, 4.69) is 24.9 Å². The molecule has 53 heavy (non-hydrogen) atoms. The van der Waals surface area contributed by atoms with E-state index >= 15 is 4.39 Å². The van der Waals surface area contributed by atoms with E-state index in [0.29, 0.717) is 50.3 Å². The summed E-state index contributed by atoms with van der Waals surface area (Å²) >= 11 is 7.85. The molecule has 12 nitrogen and oxygen atoms in total. The third-order valence-corrected chi connectivity index (χ3v) is 12.7. The summed E-state index contributed by atoms with van der Waals surface area (Å²) in [5, 5.41) is 14.6. The lowest BCUT2D eigenvalue weighted by atomic mass is 9.76. The first-order valence-corrected chi connectivity index (χ1v) is 18.8. The molecule has 0 saturated carbocycles. The van der Waals surface area contributed by atoms with Gasteiger partial charge in [0.05, 0.1) is 20.8 Å². The molecule has 4 saturated heterocycles. The van der Waals surface area contributed by atoms with Crippen molar-refractivity contribution in [3.8, 4) is 23.2 Å². The summed E-state index contributed by atoms with van der Waals surface area (Å²) in [7, 11) is 0. The molecular formula is C36H34ClF3N10O2S. The molecule has 0 aliphatic carbocycles. The lowest BCUT2D eigenvalue weighted by Gasteiger charge is -2.51. The molecule has 4 aliphatic rings. The second kappa shape index (κ2) is 12.7. The number of benzene rings is 2. The molecule has 4 fully saturated rings. The lowest BCUT2D eigenvalue weighted by Crippen LogP contribution is -2.62. The molecule has 2 atom stereocenters. The Morgan fingerprint density at radius 1 is 1.15 bits per heavy atom. The number of anilines is 2. The van der Waals surface area contributed by atoms with Gasteiger partial charge in [0, 0.05) is 60.9 Å². The topological polar surface area (TPSA) is 142 Å². The van der Waals surface area contributed by atoms with Crippen molar-refractivity contribution < 1.29 is 22.7 Å². The number of nitrogens with two attached hydrogens (primary N) is 1. The van der Waals surface area contributed by atoms with Crippen LogP contribution in [0.15, 0.2) is 30.9 Å². The van der Waals surface area contributed by atoms with Gasteiger partial charge in [-0.1, -0.05) is 24.1 Å². The van der Waals surface area contributed by atoms with Crippen LogP contribution in [0.5, 0.6) is 6.01 Å². The van der Waals surface area contributed by atoms with Gasteiger partial charge in [-0.15, -0.1) is 11.3 Å². The zero-order chi connectivity index (χ0) is 36.6. The van der Waals surface area contributed by atoms with Crippen molar-refractivity contribution in [2.75, 3.05) is 56.5 Å². The monoisotopic (exact) mass is 762 g/mol. The Bertz CT molecular complexity index is 2330. The van der Waals surface area contributed by atoms with E-state index in [-0.39, 0.29) is 66.4 Å². The van der Waals surface area contributed by atoms with Crippen LogP contribution in [0.3, 0.4) is 0 Å². The van der Waals surface area contributed by atoms with Crippen LogP contribution in [0.25, 0.3) is 32.1 Å². The summed E-state index contributed by atoms with van der Waals surface area (Å²) in [6.07, 6.45) is 6.39. The SMILES string of the molecule is N#Cc1c(N)sc2c(F)ccc(-c3c(Cl)cc4c(N5CCCCC6(CN(C(=O)n7cncn7)C6)C5)nc(OC[C@@]56CCCN5C[C@H](F)C6)nc4c3F)c12. The highest BCUT2D eigenvalue weighted by Gasteiger charge is 2.50. The second-order valence-electron chi connectivity index (χ2n) is 14.7. The summed E-state index contributed by atoms with van der Waals surface area (Å²) in [6, 6.07) is 5.93. The summed E-state index contributed by atoms with van der Waals surface area (Å²) in [4.78, 5) is 32.4. The smallest absolute Gasteiger partial charge is 0.346 e. The highest BCUT2D eigenvalue weighted by Crippen LogP contribution is 2.47. The van der Waals surface area contributed by atoms with Gasteiger partial charge in [-0.2, -0.15) is 25.0 Å². The maximum absolute atomic E-state index is 17.2. The minimum absolute atomic E-state index is 0.0216. The summed E-state index contributed by atoms with van der Waals surface area (Å²) < 4.78 is 54.5. The fraction of sp³-hybridized carbons (Fsp3) is 0.444. The minimum Gasteiger partial charge on any atom is -0.461 e. The predicted molar refractivity (Wildman–Crippen MR) is 194 cm³/mol.